The van der Waals surface area contributed by atoms with Crippen LogP contribution in [-0.4, -0.2) is 70.6 Å². The van der Waals surface area contributed by atoms with E-state index in [9.17, 15) is 9.59 Å². The number of hydrogen-bond acceptors (Lipinski definition) is 5. The van der Waals surface area contributed by atoms with Gasteiger partial charge in [0, 0.05) is 43.7 Å². The van der Waals surface area contributed by atoms with Gasteiger partial charge in [-0.1, -0.05) is 36.8 Å². The van der Waals surface area contributed by atoms with Gasteiger partial charge in [-0.15, -0.1) is 10.2 Å². The summed E-state index contributed by atoms with van der Waals surface area (Å²) in [6.45, 7) is 3.00. The van der Waals surface area contributed by atoms with Gasteiger partial charge in [-0.05, 0) is 37.8 Å². The van der Waals surface area contributed by atoms with Crippen LogP contribution in [0.3, 0.4) is 0 Å². The smallest absolute Gasteiger partial charge is 0.242 e. The van der Waals surface area contributed by atoms with Crippen LogP contribution in [0.2, 0.25) is 0 Å². The van der Waals surface area contributed by atoms with Crippen LogP contribution >= 0.6 is 0 Å². The highest BCUT2D eigenvalue weighted by Gasteiger charge is 2.39. The van der Waals surface area contributed by atoms with Gasteiger partial charge in [-0.3, -0.25) is 9.59 Å². The fourth-order valence-corrected chi connectivity index (χ4v) is 4.35. The Kier molecular flexibility index (Phi) is 5.57. The van der Waals surface area contributed by atoms with E-state index < -0.39 is 0 Å². The molecule has 162 valence electrons. The molecule has 5 rings (SSSR count). The Morgan fingerprint density at radius 3 is 2.23 bits per heavy atom. The maximum absolute atomic E-state index is 12.9. The number of nitrogens with zero attached hydrogens (tertiary/aromatic N) is 5. The molecule has 1 aliphatic heterocycles. The fraction of sp³-hybridized carbons (Fsp3) is 0.500. The highest BCUT2D eigenvalue weighted by Crippen LogP contribution is 2.34. The number of amides is 2. The van der Waals surface area contributed by atoms with Crippen LogP contribution in [0, 0.1) is 5.92 Å². The van der Waals surface area contributed by atoms with Crippen molar-refractivity contribution in [3.8, 4) is 11.3 Å². The normalized spacial score (nSPS) is 19.1. The lowest BCUT2D eigenvalue weighted by molar-refractivity contribution is -0.145. The minimum Gasteiger partial charge on any atom is -0.352 e. The van der Waals surface area contributed by atoms with Crippen LogP contribution in [-0.2, 0) is 9.59 Å². The number of benzene rings is 1. The van der Waals surface area contributed by atoms with E-state index in [1.54, 1.807) is 0 Å². The Morgan fingerprint density at radius 2 is 1.65 bits per heavy atom. The second-order valence-electron chi connectivity index (χ2n) is 8.84. The minimum absolute atomic E-state index is 0.0738. The molecule has 3 fully saturated rings. The van der Waals surface area contributed by atoms with Crippen LogP contribution in [0.25, 0.3) is 11.3 Å². The van der Waals surface area contributed by atoms with Crippen molar-refractivity contribution < 1.29 is 9.59 Å². The summed E-state index contributed by atoms with van der Waals surface area (Å²) in [6, 6.07) is 14.3. The van der Waals surface area contributed by atoms with Gasteiger partial charge in [-0.2, -0.15) is 0 Å². The molecule has 2 saturated carbocycles. The Balaban J connectivity index is 1.15. The van der Waals surface area contributed by atoms with Crippen LogP contribution in [0.5, 0.6) is 0 Å². The first-order chi connectivity index (χ1) is 15.2. The van der Waals surface area contributed by atoms with Crippen molar-refractivity contribution in [3.63, 3.8) is 0 Å². The number of carbonyl (C=O) groups excluding carboxylic acids is 2. The molecule has 1 aromatic heterocycles. The summed E-state index contributed by atoms with van der Waals surface area (Å²) in [6.07, 6.45) is 5.19. The van der Waals surface area contributed by atoms with E-state index in [4.69, 9.17) is 0 Å². The third-order valence-corrected chi connectivity index (χ3v) is 6.71. The van der Waals surface area contributed by atoms with E-state index in [-0.39, 0.29) is 30.3 Å². The molecule has 1 saturated heterocycles. The monoisotopic (exact) mass is 419 g/mol. The van der Waals surface area contributed by atoms with Gasteiger partial charge < -0.3 is 14.7 Å². The average molecular weight is 420 g/mol. The zero-order chi connectivity index (χ0) is 21.2. The standard InChI is InChI=1S/C24H29N5O2/c30-23(17-29(20-9-10-20)24(31)19-7-4-8-19)28-15-13-27(14-16-28)22-12-11-21(25-26-22)18-5-2-1-3-6-18/h1-3,5-6,11-12,19-20H,4,7-10,13-17H2. The van der Waals surface area contributed by atoms with E-state index in [2.05, 4.69) is 15.1 Å². The van der Waals surface area contributed by atoms with E-state index in [1.807, 2.05) is 52.3 Å². The second-order valence-corrected chi connectivity index (χ2v) is 8.84. The highest BCUT2D eigenvalue weighted by atomic mass is 16.2. The number of carbonyl (C=O) groups is 2. The summed E-state index contributed by atoms with van der Waals surface area (Å²) in [7, 11) is 0. The van der Waals surface area contributed by atoms with Gasteiger partial charge in [0.05, 0.1) is 5.69 Å². The van der Waals surface area contributed by atoms with Crippen molar-refractivity contribution >= 4 is 17.6 Å². The molecular weight excluding hydrogens is 390 g/mol. The highest BCUT2D eigenvalue weighted by molar-refractivity contribution is 5.87. The van der Waals surface area contributed by atoms with Crippen molar-refractivity contribution in [2.24, 2.45) is 5.92 Å². The van der Waals surface area contributed by atoms with E-state index in [0.717, 1.165) is 62.3 Å². The zero-order valence-electron chi connectivity index (χ0n) is 17.8. The third-order valence-electron chi connectivity index (χ3n) is 6.71. The Labute approximate surface area is 183 Å². The lowest BCUT2D eigenvalue weighted by atomic mass is 9.84. The van der Waals surface area contributed by atoms with Gasteiger partial charge in [-0.25, -0.2) is 0 Å². The first-order valence-electron chi connectivity index (χ1n) is 11.4. The van der Waals surface area contributed by atoms with Crippen LogP contribution < -0.4 is 4.90 Å². The van der Waals surface area contributed by atoms with Gasteiger partial charge >= 0.3 is 0 Å². The quantitative estimate of drug-likeness (QED) is 0.720. The molecule has 7 nitrogen and oxygen atoms in total. The summed E-state index contributed by atoms with van der Waals surface area (Å²) in [4.78, 5) is 31.6. The number of hydrogen-bond donors (Lipinski definition) is 0. The molecule has 2 heterocycles. The first-order valence-corrected chi connectivity index (χ1v) is 11.4. The number of aromatic nitrogens is 2. The first kappa shape index (κ1) is 20.0. The van der Waals surface area contributed by atoms with Crippen molar-refractivity contribution in [1.29, 1.82) is 0 Å². The molecule has 0 radical (unpaired) electrons. The zero-order valence-corrected chi connectivity index (χ0v) is 17.8. The molecule has 1 aromatic carbocycles. The van der Waals surface area contributed by atoms with Gasteiger partial charge in [0.2, 0.25) is 11.8 Å². The molecule has 0 unspecified atom stereocenters. The molecule has 0 N–H and O–H groups in total. The van der Waals surface area contributed by atoms with Gasteiger partial charge in [0.25, 0.3) is 0 Å². The SMILES string of the molecule is O=C(CN(C(=O)C1CCC1)C1CC1)N1CCN(c2ccc(-c3ccccc3)nn2)CC1. The molecule has 0 spiro atoms. The fourth-order valence-electron chi connectivity index (χ4n) is 4.35. The molecule has 2 amide bonds. The predicted molar refractivity (Wildman–Crippen MR) is 118 cm³/mol. The van der Waals surface area contributed by atoms with Crippen LogP contribution in [0.15, 0.2) is 42.5 Å². The molecule has 3 aliphatic rings. The predicted octanol–water partition coefficient (Wildman–Crippen LogP) is 2.58. The molecule has 7 heteroatoms. The summed E-state index contributed by atoms with van der Waals surface area (Å²) >= 11 is 0. The summed E-state index contributed by atoms with van der Waals surface area (Å²) < 4.78 is 0. The van der Waals surface area contributed by atoms with E-state index >= 15 is 0 Å². The lowest BCUT2D eigenvalue weighted by Gasteiger charge is -2.37. The maximum atomic E-state index is 12.9. The van der Waals surface area contributed by atoms with Gasteiger partial charge in [0.15, 0.2) is 5.82 Å². The van der Waals surface area contributed by atoms with E-state index in [1.165, 1.54) is 0 Å². The molecule has 31 heavy (non-hydrogen) atoms. The molecule has 0 atom stereocenters. The minimum atomic E-state index is 0.0738. The Morgan fingerprint density at radius 1 is 0.903 bits per heavy atom. The van der Waals surface area contributed by atoms with Gasteiger partial charge in [0.1, 0.15) is 6.54 Å². The third kappa shape index (κ3) is 4.40. The number of piperazine rings is 1. The average Bonchev–Trinajstić information content (AvgIpc) is 3.62. The van der Waals surface area contributed by atoms with Crippen LogP contribution in [0.1, 0.15) is 32.1 Å². The number of anilines is 1. The van der Waals surface area contributed by atoms with Crippen molar-refractivity contribution in [1.82, 2.24) is 20.0 Å². The number of rotatable bonds is 6. The second kappa shape index (κ2) is 8.65. The maximum Gasteiger partial charge on any atom is 0.242 e. The summed E-state index contributed by atoms with van der Waals surface area (Å²) in [5, 5.41) is 8.78. The molecule has 0 bridgehead atoms. The van der Waals surface area contributed by atoms with Crippen molar-refractivity contribution in [3.05, 3.63) is 42.5 Å². The summed E-state index contributed by atoms with van der Waals surface area (Å²) in [5.74, 6) is 1.27. The van der Waals surface area contributed by atoms with Crippen molar-refractivity contribution in [2.75, 3.05) is 37.6 Å². The lowest BCUT2D eigenvalue weighted by Crippen LogP contribution is -2.53. The molecule has 2 aromatic rings. The van der Waals surface area contributed by atoms with E-state index in [0.29, 0.717) is 13.1 Å². The van der Waals surface area contributed by atoms with Crippen LogP contribution in [0.4, 0.5) is 5.82 Å². The topological polar surface area (TPSA) is 69.6 Å². The summed E-state index contributed by atoms with van der Waals surface area (Å²) in [5.41, 5.74) is 1.91. The largest absolute Gasteiger partial charge is 0.352 e. The molecule has 2 aliphatic carbocycles. The van der Waals surface area contributed by atoms with Crippen molar-refractivity contribution in [2.45, 2.75) is 38.1 Å². The Hall–Kier alpha value is -2.96. The molecular formula is C24H29N5O2. The Bertz CT molecular complexity index is 917.